The Morgan fingerprint density at radius 3 is 2.52 bits per heavy atom. The summed E-state index contributed by atoms with van der Waals surface area (Å²) >= 11 is 0. The van der Waals surface area contributed by atoms with Crippen LogP contribution >= 0.6 is 0 Å². The van der Waals surface area contributed by atoms with Crippen molar-refractivity contribution in [2.45, 2.75) is 71.3 Å². The number of fused-ring (bicyclic) bond motifs is 3. The lowest BCUT2D eigenvalue weighted by Crippen LogP contribution is -2.67. The first-order valence-corrected chi connectivity index (χ1v) is 10.6. The van der Waals surface area contributed by atoms with Crippen LogP contribution < -0.4 is 0 Å². The van der Waals surface area contributed by atoms with Gasteiger partial charge in [0.05, 0.1) is 12.5 Å². The van der Waals surface area contributed by atoms with Gasteiger partial charge >= 0.3 is 5.97 Å². The Kier molecular flexibility index (Phi) is 4.70. The molecule has 27 heavy (non-hydrogen) atoms. The van der Waals surface area contributed by atoms with Gasteiger partial charge in [0.1, 0.15) is 12.9 Å². The molecule has 0 aromatic rings. The molecule has 0 unspecified atom stereocenters. The molecule has 5 fully saturated rings. The average molecular weight is 379 g/mol. The molecule has 0 saturated heterocycles. The van der Waals surface area contributed by atoms with E-state index in [-0.39, 0.29) is 35.6 Å². The molecule has 5 heteroatoms. The molecule has 0 aromatic carbocycles. The van der Waals surface area contributed by atoms with Gasteiger partial charge in [0, 0.05) is 18.4 Å². The second-order valence-corrected chi connectivity index (χ2v) is 9.97. The van der Waals surface area contributed by atoms with E-state index in [1.165, 1.54) is 7.11 Å². The monoisotopic (exact) mass is 378 g/mol. The van der Waals surface area contributed by atoms with Gasteiger partial charge in [-0.15, -0.1) is 0 Å². The molecule has 0 radical (unpaired) electrons. The normalized spacial score (nSPS) is 48.7. The second kappa shape index (κ2) is 6.55. The molecule has 7 atom stereocenters. The highest BCUT2D eigenvalue weighted by molar-refractivity contribution is 5.88. The van der Waals surface area contributed by atoms with Gasteiger partial charge in [0.15, 0.2) is 5.78 Å². The third kappa shape index (κ3) is 2.50. The first-order chi connectivity index (χ1) is 12.8. The number of hydrogen-bond donors (Lipinski definition) is 0. The molecule has 2 bridgehead atoms. The van der Waals surface area contributed by atoms with E-state index in [2.05, 4.69) is 13.8 Å². The molecule has 5 aliphatic carbocycles. The first kappa shape index (κ1) is 19.4. The minimum absolute atomic E-state index is 0.0568. The van der Waals surface area contributed by atoms with Gasteiger partial charge in [-0.05, 0) is 69.1 Å². The molecule has 152 valence electrons. The number of methoxy groups -OCH3 is 2. The van der Waals surface area contributed by atoms with Crippen LogP contribution in [0.2, 0.25) is 0 Å². The fourth-order valence-electron chi connectivity index (χ4n) is 7.93. The van der Waals surface area contributed by atoms with Crippen molar-refractivity contribution in [3.8, 4) is 0 Å². The molecule has 1 spiro atoms. The number of hydrogen-bond acceptors (Lipinski definition) is 5. The summed E-state index contributed by atoms with van der Waals surface area (Å²) < 4.78 is 16.4. The average Bonchev–Trinajstić information content (AvgIpc) is 2.66. The fourth-order valence-corrected chi connectivity index (χ4v) is 7.93. The molecule has 5 rings (SSSR count). The van der Waals surface area contributed by atoms with E-state index in [4.69, 9.17) is 14.2 Å². The van der Waals surface area contributed by atoms with Gasteiger partial charge < -0.3 is 14.2 Å². The lowest BCUT2D eigenvalue weighted by atomic mass is 9.36. The second-order valence-electron chi connectivity index (χ2n) is 9.97. The number of carbonyl (C=O) groups is 2. The number of Topliss-reactive ketones (excluding diaryl/α,β-unsaturated/α-hetero) is 1. The Bertz CT molecular complexity index is 632. The van der Waals surface area contributed by atoms with Crippen LogP contribution in [0.1, 0.15) is 65.2 Å². The zero-order chi connectivity index (χ0) is 19.4. The van der Waals surface area contributed by atoms with Crippen molar-refractivity contribution in [1.29, 1.82) is 0 Å². The molecular formula is C22H34O5. The SMILES string of the molecule is COCO[C@@H]1C(=O)[C@@H]2CC[C@@]13CC[C@H]1[C@@](C)(CCC[C@@]1(C)C(=O)OC)[C@@H]3C2. The van der Waals surface area contributed by atoms with Crippen molar-refractivity contribution in [2.75, 3.05) is 21.0 Å². The van der Waals surface area contributed by atoms with E-state index in [0.29, 0.717) is 17.6 Å². The maximum Gasteiger partial charge on any atom is 0.311 e. The summed E-state index contributed by atoms with van der Waals surface area (Å²) in [6, 6.07) is 0. The van der Waals surface area contributed by atoms with Crippen LogP contribution in [0.15, 0.2) is 0 Å². The fraction of sp³-hybridized carbons (Fsp3) is 0.909. The summed E-state index contributed by atoms with van der Waals surface area (Å²) in [4.78, 5) is 25.8. The highest BCUT2D eigenvalue weighted by Gasteiger charge is 2.69. The third-order valence-electron chi connectivity index (χ3n) is 9.03. The Hall–Kier alpha value is -0.940. The zero-order valence-electron chi connectivity index (χ0n) is 17.2. The summed E-state index contributed by atoms with van der Waals surface area (Å²) in [5.74, 6) is 1.10. The maximum atomic E-state index is 13.0. The van der Waals surface area contributed by atoms with Crippen molar-refractivity contribution in [3.05, 3.63) is 0 Å². The number of esters is 1. The van der Waals surface area contributed by atoms with Crippen molar-refractivity contribution in [2.24, 2.45) is 34.0 Å². The van der Waals surface area contributed by atoms with Crippen molar-refractivity contribution in [1.82, 2.24) is 0 Å². The summed E-state index contributed by atoms with van der Waals surface area (Å²) in [6.07, 6.45) is 7.74. The van der Waals surface area contributed by atoms with E-state index in [9.17, 15) is 9.59 Å². The minimum atomic E-state index is -0.410. The van der Waals surface area contributed by atoms with Gasteiger partial charge in [0.2, 0.25) is 0 Å². The van der Waals surface area contributed by atoms with E-state index in [1.807, 2.05) is 0 Å². The predicted molar refractivity (Wildman–Crippen MR) is 99.8 cm³/mol. The summed E-state index contributed by atoms with van der Waals surface area (Å²) in [7, 11) is 3.13. The van der Waals surface area contributed by atoms with Crippen LogP contribution in [-0.2, 0) is 23.8 Å². The van der Waals surface area contributed by atoms with Crippen LogP contribution in [0.3, 0.4) is 0 Å². The summed E-state index contributed by atoms with van der Waals surface area (Å²) in [5, 5.41) is 0. The topological polar surface area (TPSA) is 61.8 Å². The van der Waals surface area contributed by atoms with Gasteiger partial charge in [-0.3, -0.25) is 9.59 Å². The van der Waals surface area contributed by atoms with Crippen LogP contribution in [-0.4, -0.2) is 38.9 Å². The number of carbonyl (C=O) groups excluding carboxylic acids is 2. The molecule has 0 heterocycles. The van der Waals surface area contributed by atoms with Crippen LogP contribution in [0.5, 0.6) is 0 Å². The Labute approximate surface area is 162 Å². The largest absolute Gasteiger partial charge is 0.469 e. The van der Waals surface area contributed by atoms with E-state index < -0.39 is 5.41 Å². The number of ketones is 1. The van der Waals surface area contributed by atoms with E-state index in [1.54, 1.807) is 7.11 Å². The molecule has 5 nitrogen and oxygen atoms in total. The number of ether oxygens (including phenoxy) is 3. The quantitative estimate of drug-likeness (QED) is 0.551. The Morgan fingerprint density at radius 1 is 1.07 bits per heavy atom. The molecular weight excluding hydrogens is 344 g/mol. The summed E-state index contributed by atoms with van der Waals surface area (Å²) in [6.45, 7) is 4.68. The minimum Gasteiger partial charge on any atom is -0.469 e. The molecule has 0 amide bonds. The van der Waals surface area contributed by atoms with Gasteiger partial charge in [-0.25, -0.2) is 0 Å². The molecule has 5 saturated carbocycles. The molecule has 0 aromatic heterocycles. The molecule has 0 aliphatic heterocycles. The van der Waals surface area contributed by atoms with E-state index >= 15 is 0 Å². The van der Waals surface area contributed by atoms with Crippen molar-refractivity contribution in [3.63, 3.8) is 0 Å². The highest BCUT2D eigenvalue weighted by Crippen LogP contribution is 2.71. The van der Waals surface area contributed by atoms with Crippen LogP contribution in [0.25, 0.3) is 0 Å². The van der Waals surface area contributed by atoms with Crippen molar-refractivity contribution >= 4 is 11.8 Å². The summed E-state index contributed by atoms with van der Waals surface area (Å²) in [5.41, 5.74) is -0.426. The standard InChI is InChI=1S/C22H34O5/c1-20-8-5-9-21(2,19(24)26-4)15(20)7-11-22-10-6-14(12-16(20)22)17(23)18(22)27-13-25-3/h14-16,18H,5-13H2,1-4H3/t14-,15+,16+,18-,20-,21-,22+/m1/s1. The maximum absolute atomic E-state index is 13.0. The van der Waals surface area contributed by atoms with Gasteiger partial charge in [-0.2, -0.15) is 0 Å². The van der Waals surface area contributed by atoms with E-state index in [0.717, 1.165) is 51.4 Å². The lowest BCUT2D eigenvalue weighted by Gasteiger charge is -2.68. The molecule has 0 N–H and O–H groups in total. The smallest absolute Gasteiger partial charge is 0.311 e. The van der Waals surface area contributed by atoms with Crippen LogP contribution in [0.4, 0.5) is 0 Å². The third-order valence-corrected chi connectivity index (χ3v) is 9.03. The van der Waals surface area contributed by atoms with Crippen LogP contribution in [0, 0.1) is 34.0 Å². The predicted octanol–water partition coefficient (Wildman–Crippen LogP) is 3.74. The van der Waals surface area contributed by atoms with Gasteiger partial charge in [0.25, 0.3) is 0 Å². The Balaban J connectivity index is 1.72. The van der Waals surface area contributed by atoms with Gasteiger partial charge in [-0.1, -0.05) is 13.3 Å². The first-order valence-electron chi connectivity index (χ1n) is 10.6. The zero-order valence-corrected chi connectivity index (χ0v) is 17.2. The highest BCUT2D eigenvalue weighted by atomic mass is 16.7. The lowest BCUT2D eigenvalue weighted by molar-refractivity contribution is -0.239. The molecule has 5 aliphatic rings. The Morgan fingerprint density at radius 2 is 1.81 bits per heavy atom. The van der Waals surface area contributed by atoms with Crippen molar-refractivity contribution < 1.29 is 23.8 Å². The number of rotatable bonds is 4.